The van der Waals surface area contributed by atoms with Crippen molar-refractivity contribution in [3.8, 4) is 0 Å². The molecule has 1 radical (unpaired) electrons. The van der Waals surface area contributed by atoms with E-state index in [0.29, 0.717) is 0 Å². The molecule has 0 heterocycles. The molecule has 0 aliphatic heterocycles. The Bertz CT molecular complexity index is 16.0. The predicted molar refractivity (Wildman–Crippen MR) is 14.3 cm³/mol. The standard InChI is InChI=1S/Ba.Co.Fe.4O.Sr/q3*+2;4*-2;+2. The van der Waals surface area contributed by atoms with E-state index in [1.165, 1.54) is 0 Å². The van der Waals surface area contributed by atoms with Crippen LogP contribution in [-0.2, 0) is 55.8 Å². The molecular formula is BaCoFeO4Sr. The molecule has 0 saturated carbocycles. The van der Waals surface area contributed by atoms with E-state index in [-0.39, 0.29) is 150 Å². The molecule has 0 aromatic heterocycles. The third kappa shape index (κ3) is 51.4. The van der Waals surface area contributed by atoms with Crippen molar-refractivity contribution in [1.29, 1.82) is 0 Å². The molecule has 45 valence electrons. The average Bonchev–Trinajstić information content (AvgIpc) is 0. The Morgan fingerprint density at radius 1 is 0.625 bits per heavy atom. The molecule has 0 N–H and O–H groups in total. The van der Waals surface area contributed by atoms with Crippen molar-refractivity contribution in [3.05, 3.63) is 0 Å². The SMILES string of the molecule is [Ba+2].[Co+2].[Fe+2].[O-2].[O-2].[O-2].[O-2].[Sr+2]. The molecule has 0 fully saturated rings. The summed E-state index contributed by atoms with van der Waals surface area (Å²) >= 11 is 0. The van der Waals surface area contributed by atoms with Crippen LogP contribution in [0.1, 0.15) is 0 Å². The largest absolute Gasteiger partial charge is 2.00 e. The topological polar surface area (TPSA) is 114 Å². The molecule has 0 aliphatic carbocycles. The van der Waals surface area contributed by atoms with Gasteiger partial charge in [-0.15, -0.1) is 0 Å². The van der Waals surface area contributed by atoms with Gasteiger partial charge in [0, 0.05) is 0 Å². The van der Waals surface area contributed by atoms with Crippen LogP contribution in [0, 0.1) is 0 Å². The van der Waals surface area contributed by atoms with Crippen LogP contribution in [0.3, 0.4) is 0 Å². The summed E-state index contributed by atoms with van der Waals surface area (Å²) in [7, 11) is 0. The van der Waals surface area contributed by atoms with Gasteiger partial charge in [-0.3, -0.25) is 0 Å². The Labute approximate surface area is 146 Å². The van der Waals surface area contributed by atoms with Gasteiger partial charge in [0.1, 0.15) is 0 Å². The van der Waals surface area contributed by atoms with Crippen molar-refractivity contribution in [3.63, 3.8) is 0 Å². The van der Waals surface area contributed by atoms with E-state index in [0.717, 1.165) is 0 Å². The van der Waals surface area contributed by atoms with Gasteiger partial charge in [0.2, 0.25) is 0 Å². The van der Waals surface area contributed by atoms with Gasteiger partial charge >= 0.3 is 128 Å². The quantitative estimate of drug-likeness (QED) is 0.450. The summed E-state index contributed by atoms with van der Waals surface area (Å²) in [6.45, 7) is 0. The summed E-state index contributed by atoms with van der Waals surface area (Å²) in [6, 6.07) is 0. The molecule has 0 spiro atoms. The second-order valence-electron chi connectivity index (χ2n) is 0. The van der Waals surface area contributed by atoms with Gasteiger partial charge < -0.3 is 21.9 Å². The zero-order valence-electron chi connectivity index (χ0n) is 3.73. The van der Waals surface area contributed by atoms with Crippen molar-refractivity contribution in [2.75, 3.05) is 0 Å². The zero-order valence-corrected chi connectivity index (χ0v) is 13.8. The molecule has 0 bridgehead atoms. The fourth-order valence-electron chi connectivity index (χ4n) is 0. The molecule has 0 aromatic rings. The van der Waals surface area contributed by atoms with Gasteiger partial charge in [0.05, 0.1) is 0 Å². The molecule has 0 rings (SSSR count). The molecule has 0 unspecified atom stereocenters. The molecule has 0 amide bonds. The first-order valence-corrected chi connectivity index (χ1v) is 0. The maximum Gasteiger partial charge on any atom is 2.00 e. The first kappa shape index (κ1) is 92.5. The van der Waals surface area contributed by atoms with Crippen LogP contribution < -0.4 is 0 Å². The van der Waals surface area contributed by atoms with Gasteiger partial charge in [0.25, 0.3) is 0 Å². The van der Waals surface area contributed by atoms with E-state index < -0.39 is 0 Å². The molecular weight excluding hydrogens is 404 g/mol. The Balaban J connectivity index is 0. The van der Waals surface area contributed by atoms with Gasteiger partial charge in [-0.2, -0.15) is 0 Å². The first-order valence-electron chi connectivity index (χ1n) is 0. The number of hydrogen-bond donors (Lipinski definition) is 0. The smallest absolute Gasteiger partial charge is 2.00 e. The molecule has 0 saturated heterocycles. The van der Waals surface area contributed by atoms with Crippen molar-refractivity contribution < 1.29 is 55.8 Å². The summed E-state index contributed by atoms with van der Waals surface area (Å²) in [4.78, 5) is 0. The van der Waals surface area contributed by atoms with Crippen molar-refractivity contribution in [2.45, 2.75) is 0 Å². The second kappa shape index (κ2) is 70.0. The summed E-state index contributed by atoms with van der Waals surface area (Å²) in [5, 5.41) is 0. The molecule has 0 aromatic carbocycles. The fraction of sp³-hybridized carbons (Fsp3) is 0. The molecule has 4 nitrogen and oxygen atoms in total. The minimum atomic E-state index is 0. The van der Waals surface area contributed by atoms with Gasteiger partial charge in [-0.25, -0.2) is 0 Å². The third-order valence-electron chi connectivity index (χ3n) is 0. The van der Waals surface area contributed by atoms with Crippen LogP contribution >= 0.6 is 0 Å². The van der Waals surface area contributed by atoms with Gasteiger partial charge in [0.15, 0.2) is 0 Å². The van der Waals surface area contributed by atoms with E-state index in [4.69, 9.17) is 0 Å². The van der Waals surface area contributed by atoms with Crippen LogP contribution in [0.15, 0.2) is 0 Å². The number of hydrogen-bond acceptors (Lipinski definition) is 0. The normalized spacial score (nSPS) is 0. The Hall–Kier alpha value is 3.92. The summed E-state index contributed by atoms with van der Waals surface area (Å²) < 4.78 is 0. The van der Waals surface area contributed by atoms with Crippen molar-refractivity contribution in [1.82, 2.24) is 0 Å². The van der Waals surface area contributed by atoms with E-state index in [2.05, 4.69) is 0 Å². The summed E-state index contributed by atoms with van der Waals surface area (Å²) in [5.74, 6) is 0. The average molecular weight is 404 g/mol. The maximum absolute atomic E-state index is 0. The first-order chi connectivity index (χ1) is 0. The molecule has 8 heteroatoms. The Morgan fingerprint density at radius 2 is 0.625 bits per heavy atom. The minimum absolute atomic E-state index is 0. The van der Waals surface area contributed by atoms with Crippen LogP contribution in [0.25, 0.3) is 0 Å². The van der Waals surface area contributed by atoms with Crippen LogP contribution in [0.2, 0.25) is 0 Å². The third-order valence-corrected chi connectivity index (χ3v) is 0. The Morgan fingerprint density at radius 3 is 0.625 bits per heavy atom. The van der Waals surface area contributed by atoms with E-state index in [1.807, 2.05) is 0 Å². The zero-order chi connectivity index (χ0) is 0. The predicted octanol–water partition coefficient (Wildman–Crippen LogP) is -1.24. The van der Waals surface area contributed by atoms with Crippen LogP contribution in [0.5, 0.6) is 0 Å². The maximum atomic E-state index is 0. The molecule has 8 heavy (non-hydrogen) atoms. The van der Waals surface area contributed by atoms with Gasteiger partial charge in [-0.1, -0.05) is 0 Å². The van der Waals surface area contributed by atoms with Crippen LogP contribution in [-0.4, -0.2) is 94.4 Å². The van der Waals surface area contributed by atoms with E-state index in [9.17, 15) is 0 Å². The van der Waals surface area contributed by atoms with Crippen LogP contribution in [0.4, 0.5) is 0 Å². The monoisotopic (exact) mass is 405 g/mol. The summed E-state index contributed by atoms with van der Waals surface area (Å²) in [6.07, 6.45) is 0. The number of rotatable bonds is 0. The summed E-state index contributed by atoms with van der Waals surface area (Å²) in [5.41, 5.74) is 0. The molecule has 0 aliphatic rings. The molecule has 0 atom stereocenters. The van der Waals surface area contributed by atoms with Crippen molar-refractivity contribution >= 4 is 94.4 Å². The minimum Gasteiger partial charge on any atom is -2.00 e. The van der Waals surface area contributed by atoms with E-state index >= 15 is 0 Å². The Kier molecular flexibility index (Phi) is 809. The van der Waals surface area contributed by atoms with E-state index in [1.54, 1.807) is 0 Å². The van der Waals surface area contributed by atoms with Crippen molar-refractivity contribution in [2.24, 2.45) is 0 Å². The second-order valence-corrected chi connectivity index (χ2v) is 0. The van der Waals surface area contributed by atoms with Gasteiger partial charge in [-0.05, 0) is 0 Å². The fourth-order valence-corrected chi connectivity index (χ4v) is 0.